The monoisotopic (exact) mass is 406 g/mol. The zero-order valence-electron chi connectivity index (χ0n) is 16.0. The van der Waals surface area contributed by atoms with E-state index in [0.29, 0.717) is 29.4 Å². The number of aromatic nitrogens is 2. The maximum absolute atomic E-state index is 12.9. The van der Waals surface area contributed by atoms with E-state index < -0.39 is 11.6 Å². The first kappa shape index (κ1) is 18.6. The number of carbonyl (C=O) groups excluding carboxylic acids is 2. The summed E-state index contributed by atoms with van der Waals surface area (Å²) in [6.45, 7) is 1.84. The molecule has 0 spiro atoms. The summed E-state index contributed by atoms with van der Waals surface area (Å²) in [5, 5.41) is 21.9. The van der Waals surface area contributed by atoms with Gasteiger partial charge >= 0.3 is 0 Å². The number of rotatable bonds is 5. The normalized spacial score (nSPS) is 38.9. The number of aryl methyl sites for hydroxylation is 1. The molecule has 2 heterocycles. The molecular formula is C19H26N4O4S. The second-order valence-electron chi connectivity index (χ2n) is 9.19. The zero-order chi connectivity index (χ0) is 19.5. The fourth-order valence-corrected chi connectivity index (χ4v) is 7.41. The van der Waals surface area contributed by atoms with Gasteiger partial charge in [0.15, 0.2) is 0 Å². The van der Waals surface area contributed by atoms with E-state index in [0.717, 1.165) is 32.1 Å². The molecule has 9 heteroatoms. The molecule has 1 aromatic heterocycles. The molecule has 5 fully saturated rings. The van der Waals surface area contributed by atoms with Crippen LogP contribution in [0.2, 0.25) is 0 Å². The Kier molecular flexibility index (Phi) is 4.33. The molecule has 5 aliphatic rings. The number of carbonyl (C=O) groups is 2. The first-order valence-corrected chi connectivity index (χ1v) is 11.2. The SMILES string of the molecule is Cc1nnc(C(=O)C2CSCN2C(=O)CNC23CC4CC(CC(O)(C4)C2)C3)o1. The summed E-state index contributed by atoms with van der Waals surface area (Å²) >= 11 is 1.56. The predicted octanol–water partition coefficient (Wildman–Crippen LogP) is 1.14. The van der Waals surface area contributed by atoms with Crippen molar-refractivity contribution in [2.75, 3.05) is 18.2 Å². The topological polar surface area (TPSA) is 109 Å². The Morgan fingerprint density at radius 2 is 2.04 bits per heavy atom. The summed E-state index contributed by atoms with van der Waals surface area (Å²) in [7, 11) is 0. The van der Waals surface area contributed by atoms with Gasteiger partial charge in [-0.3, -0.25) is 9.59 Å². The number of amides is 1. The molecule has 8 nitrogen and oxygen atoms in total. The highest BCUT2D eigenvalue weighted by molar-refractivity contribution is 7.99. The minimum Gasteiger partial charge on any atom is -0.419 e. The largest absolute Gasteiger partial charge is 0.419 e. The number of nitrogens with one attached hydrogen (secondary N) is 1. The number of nitrogens with zero attached hydrogens (tertiary/aromatic N) is 3. The standard InChI is InChI=1S/C19H26N4O4S/c1-11-21-22-17(27-11)16(25)14-8-28-10-23(14)15(24)7-20-18-3-12-2-13(4-18)6-19(26,5-12)9-18/h12-14,20,26H,2-10H2,1H3. The Hall–Kier alpha value is -1.45. The molecule has 4 aliphatic carbocycles. The third-order valence-corrected chi connectivity index (χ3v) is 7.90. The van der Waals surface area contributed by atoms with E-state index in [1.165, 1.54) is 6.42 Å². The van der Waals surface area contributed by atoms with Gasteiger partial charge < -0.3 is 19.7 Å². The molecule has 152 valence electrons. The Labute approximate surface area is 167 Å². The maximum atomic E-state index is 12.9. The summed E-state index contributed by atoms with van der Waals surface area (Å²) < 4.78 is 5.26. The average Bonchev–Trinajstić information content (AvgIpc) is 3.26. The van der Waals surface area contributed by atoms with Gasteiger partial charge in [-0.1, -0.05) is 0 Å². The molecule has 0 radical (unpaired) electrons. The fourth-order valence-electron chi connectivity index (χ4n) is 6.23. The van der Waals surface area contributed by atoms with E-state index in [-0.39, 0.29) is 29.7 Å². The van der Waals surface area contributed by atoms with E-state index in [1.807, 2.05) is 0 Å². The summed E-state index contributed by atoms with van der Waals surface area (Å²) in [6, 6.07) is -0.556. The molecule has 4 saturated carbocycles. The minimum absolute atomic E-state index is 0.0286. The van der Waals surface area contributed by atoms with Gasteiger partial charge in [-0.25, -0.2) is 0 Å². The lowest BCUT2D eigenvalue weighted by atomic mass is 9.51. The highest BCUT2D eigenvalue weighted by Crippen LogP contribution is 2.57. The number of ketones is 1. The third-order valence-electron chi connectivity index (χ3n) is 6.89. The Bertz CT molecular complexity index is 798. The average molecular weight is 407 g/mol. The van der Waals surface area contributed by atoms with Gasteiger partial charge in [0.1, 0.15) is 6.04 Å². The second kappa shape index (κ2) is 6.53. The van der Waals surface area contributed by atoms with Crippen LogP contribution in [-0.4, -0.2) is 67.3 Å². The molecule has 1 aliphatic heterocycles. The van der Waals surface area contributed by atoms with Crippen LogP contribution in [0, 0.1) is 18.8 Å². The van der Waals surface area contributed by atoms with Crippen molar-refractivity contribution >= 4 is 23.5 Å². The molecule has 1 amide bonds. The number of hydrogen-bond acceptors (Lipinski definition) is 8. The molecule has 3 unspecified atom stereocenters. The molecule has 2 N–H and O–H groups in total. The molecule has 1 aromatic rings. The van der Waals surface area contributed by atoms with Crippen LogP contribution in [0.4, 0.5) is 0 Å². The first-order chi connectivity index (χ1) is 13.3. The van der Waals surface area contributed by atoms with E-state index in [1.54, 1.807) is 23.6 Å². The van der Waals surface area contributed by atoms with Gasteiger partial charge in [0, 0.05) is 18.2 Å². The molecule has 1 saturated heterocycles. The molecule has 3 atom stereocenters. The highest BCUT2D eigenvalue weighted by atomic mass is 32.2. The minimum atomic E-state index is -0.558. The summed E-state index contributed by atoms with van der Waals surface area (Å²) in [5.41, 5.74) is -0.692. The van der Waals surface area contributed by atoms with Crippen molar-refractivity contribution in [1.29, 1.82) is 0 Å². The van der Waals surface area contributed by atoms with Gasteiger partial charge in [0.05, 0.1) is 18.0 Å². The van der Waals surface area contributed by atoms with Crippen molar-refractivity contribution in [2.45, 2.75) is 62.6 Å². The van der Waals surface area contributed by atoms with Crippen molar-refractivity contribution in [1.82, 2.24) is 20.4 Å². The van der Waals surface area contributed by atoms with E-state index >= 15 is 0 Å². The fraction of sp³-hybridized carbons (Fsp3) is 0.789. The quantitative estimate of drug-likeness (QED) is 0.701. The third kappa shape index (κ3) is 3.17. The van der Waals surface area contributed by atoms with Gasteiger partial charge in [-0.15, -0.1) is 22.0 Å². The van der Waals surface area contributed by atoms with Gasteiger partial charge in [-0.05, 0) is 50.4 Å². The Morgan fingerprint density at radius 1 is 1.29 bits per heavy atom. The molecule has 4 bridgehead atoms. The first-order valence-electron chi connectivity index (χ1n) is 10.0. The van der Waals surface area contributed by atoms with Crippen molar-refractivity contribution in [3.63, 3.8) is 0 Å². The number of thioether (sulfide) groups is 1. The molecule has 0 aromatic carbocycles. The van der Waals surface area contributed by atoms with Gasteiger partial charge in [0.2, 0.25) is 17.6 Å². The number of Topliss-reactive ketones (excluding diaryl/α,β-unsaturated/α-hetero) is 1. The second-order valence-corrected chi connectivity index (χ2v) is 10.2. The van der Waals surface area contributed by atoms with E-state index in [2.05, 4.69) is 15.5 Å². The zero-order valence-corrected chi connectivity index (χ0v) is 16.8. The van der Waals surface area contributed by atoms with Crippen molar-refractivity contribution in [2.24, 2.45) is 11.8 Å². The van der Waals surface area contributed by atoms with Crippen LogP contribution in [0.3, 0.4) is 0 Å². The predicted molar refractivity (Wildman–Crippen MR) is 102 cm³/mol. The van der Waals surface area contributed by atoms with Crippen LogP contribution in [0.1, 0.15) is 55.1 Å². The Balaban J connectivity index is 1.25. The molecule has 6 rings (SSSR count). The number of aliphatic hydroxyl groups is 1. The van der Waals surface area contributed by atoms with Crippen LogP contribution in [-0.2, 0) is 4.79 Å². The lowest BCUT2D eigenvalue weighted by Crippen LogP contribution is -2.65. The van der Waals surface area contributed by atoms with E-state index in [9.17, 15) is 14.7 Å². The summed E-state index contributed by atoms with van der Waals surface area (Å²) in [4.78, 5) is 27.2. The lowest BCUT2D eigenvalue weighted by molar-refractivity contribution is -0.146. The summed E-state index contributed by atoms with van der Waals surface area (Å²) in [5.74, 6) is 2.10. The molecular weight excluding hydrogens is 380 g/mol. The van der Waals surface area contributed by atoms with E-state index in [4.69, 9.17) is 4.42 Å². The van der Waals surface area contributed by atoms with Crippen LogP contribution >= 0.6 is 11.8 Å². The highest BCUT2D eigenvalue weighted by Gasteiger charge is 2.57. The lowest BCUT2D eigenvalue weighted by Gasteiger charge is -2.60. The maximum Gasteiger partial charge on any atom is 0.286 e. The van der Waals surface area contributed by atoms with Crippen molar-refractivity contribution in [3.05, 3.63) is 11.8 Å². The van der Waals surface area contributed by atoms with Crippen LogP contribution in [0.15, 0.2) is 4.42 Å². The smallest absolute Gasteiger partial charge is 0.286 e. The van der Waals surface area contributed by atoms with Crippen LogP contribution < -0.4 is 5.32 Å². The van der Waals surface area contributed by atoms with Crippen LogP contribution in [0.25, 0.3) is 0 Å². The van der Waals surface area contributed by atoms with Crippen LogP contribution in [0.5, 0.6) is 0 Å². The van der Waals surface area contributed by atoms with Crippen molar-refractivity contribution < 1.29 is 19.1 Å². The number of hydrogen-bond donors (Lipinski definition) is 2. The van der Waals surface area contributed by atoms with Gasteiger partial charge in [-0.2, -0.15) is 0 Å². The summed E-state index contributed by atoms with van der Waals surface area (Å²) in [6.07, 6.45) is 5.84. The van der Waals surface area contributed by atoms with Gasteiger partial charge in [0.25, 0.3) is 5.89 Å². The van der Waals surface area contributed by atoms with Crippen molar-refractivity contribution in [3.8, 4) is 0 Å². The molecule has 28 heavy (non-hydrogen) atoms. The Morgan fingerprint density at radius 3 is 2.68 bits per heavy atom.